The van der Waals surface area contributed by atoms with Gasteiger partial charge in [-0.25, -0.2) is 0 Å². The Kier molecular flexibility index (Phi) is 11.3. The molecule has 2 aliphatic carbocycles. The van der Waals surface area contributed by atoms with E-state index in [4.69, 9.17) is 11.5 Å². The highest BCUT2D eigenvalue weighted by atomic mass is 32.2. The van der Waals surface area contributed by atoms with Gasteiger partial charge in [-0.1, -0.05) is 39.5 Å². The van der Waals surface area contributed by atoms with Crippen molar-refractivity contribution < 1.29 is 19.2 Å². The van der Waals surface area contributed by atoms with Gasteiger partial charge in [0, 0.05) is 34.1 Å². The van der Waals surface area contributed by atoms with Crippen molar-refractivity contribution in [3.63, 3.8) is 0 Å². The molecule has 0 saturated carbocycles. The molecule has 4 rings (SSSR count). The molecule has 0 aliphatic heterocycles. The standard InChI is InChI=1S/C30H42N4O4S3/c1-3-5-17-7-9-19-21(15-17)40-29(25(19)27(31)37)33-23(35)11-13-39-14-12-24(36)34-30-26(28(32)38)20-10-8-18(6-4-2)16-22(20)41-30/h17-18H,3-16H2,1-2H3,(H2,31,37)(H2,32,38)(H,33,35)(H,34,36)/t17-,18-/m0/s1. The van der Waals surface area contributed by atoms with E-state index < -0.39 is 11.8 Å². The number of anilines is 2. The third-order valence-corrected chi connectivity index (χ3v) is 11.4. The van der Waals surface area contributed by atoms with Gasteiger partial charge in [0.05, 0.1) is 11.1 Å². The second kappa shape index (κ2) is 14.7. The van der Waals surface area contributed by atoms with E-state index in [1.165, 1.54) is 57.0 Å². The predicted molar refractivity (Wildman–Crippen MR) is 170 cm³/mol. The summed E-state index contributed by atoms with van der Waals surface area (Å²) < 4.78 is 0. The summed E-state index contributed by atoms with van der Waals surface area (Å²) in [6, 6.07) is 0. The summed E-state index contributed by atoms with van der Waals surface area (Å²) >= 11 is 4.50. The van der Waals surface area contributed by atoms with Crippen LogP contribution in [0.3, 0.4) is 0 Å². The molecule has 2 aliphatic rings. The van der Waals surface area contributed by atoms with Crippen molar-refractivity contribution in [3.05, 3.63) is 32.0 Å². The highest BCUT2D eigenvalue weighted by Gasteiger charge is 2.29. The van der Waals surface area contributed by atoms with E-state index in [9.17, 15) is 19.2 Å². The topological polar surface area (TPSA) is 144 Å². The van der Waals surface area contributed by atoms with Gasteiger partial charge < -0.3 is 22.1 Å². The number of carbonyl (C=O) groups excluding carboxylic acids is 4. The van der Waals surface area contributed by atoms with Crippen LogP contribution in [-0.2, 0) is 35.3 Å². The lowest BCUT2D eigenvalue weighted by atomic mass is 9.84. The van der Waals surface area contributed by atoms with Crippen LogP contribution in [0.4, 0.5) is 10.0 Å². The number of hydrogen-bond acceptors (Lipinski definition) is 7. The minimum Gasteiger partial charge on any atom is -0.365 e. The third kappa shape index (κ3) is 7.93. The molecule has 2 aromatic heterocycles. The van der Waals surface area contributed by atoms with Crippen molar-refractivity contribution in [2.45, 2.75) is 90.9 Å². The molecule has 6 N–H and O–H groups in total. The zero-order valence-electron chi connectivity index (χ0n) is 24.1. The van der Waals surface area contributed by atoms with Gasteiger partial charge in [0.15, 0.2) is 0 Å². The largest absolute Gasteiger partial charge is 0.365 e. The Labute approximate surface area is 254 Å². The minimum atomic E-state index is -0.487. The van der Waals surface area contributed by atoms with Crippen molar-refractivity contribution in [1.29, 1.82) is 0 Å². The van der Waals surface area contributed by atoms with Gasteiger partial charge in [-0.15, -0.1) is 22.7 Å². The summed E-state index contributed by atoms with van der Waals surface area (Å²) in [5, 5.41) is 6.98. The van der Waals surface area contributed by atoms with Gasteiger partial charge in [0.2, 0.25) is 11.8 Å². The van der Waals surface area contributed by atoms with Crippen LogP contribution in [0.2, 0.25) is 0 Å². The molecule has 8 nitrogen and oxygen atoms in total. The molecule has 4 amide bonds. The number of primary amides is 2. The molecular weight excluding hydrogens is 577 g/mol. The average molecular weight is 619 g/mol. The maximum atomic E-state index is 12.7. The van der Waals surface area contributed by atoms with E-state index in [0.717, 1.165) is 62.5 Å². The number of nitrogens with one attached hydrogen (secondary N) is 2. The quantitative estimate of drug-likeness (QED) is 0.195. The highest BCUT2D eigenvalue weighted by molar-refractivity contribution is 7.99. The second-order valence-corrected chi connectivity index (χ2v) is 14.6. The van der Waals surface area contributed by atoms with Gasteiger partial charge in [0.1, 0.15) is 10.0 Å². The van der Waals surface area contributed by atoms with Crippen molar-refractivity contribution in [1.82, 2.24) is 0 Å². The lowest BCUT2D eigenvalue weighted by Gasteiger charge is -2.21. The fraction of sp³-hybridized carbons (Fsp3) is 0.600. The van der Waals surface area contributed by atoms with Crippen LogP contribution in [0, 0.1) is 11.8 Å². The number of rotatable bonds is 14. The van der Waals surface area contributed by atoms with E-state index in [-0.39, 0.29) is 24.7 Å². The van der Waals surface area contributed by atoms with Crippen LogP contribution < -0.4 is 22.1 Å². The molecule has 0 fully saturated rings. The first-order valence-electron chi connectivity index (χ1n) is 14.8. The normalized spacial score (nSPS) is 17.9. The molecule has 0 spiro atoms. The number of hydrogen-bond donors (Lipinski definition) is 4. The summed E-state index contributed by atoms with van der Waals surface area (Å²) in [5.41, 5.74) is 14.4. The maximum Gasteiger partial charge on any atom is 0.251 e. The molecule has 0 saturated heterocycles. The van der Waals surface area contributed by atoms with Gasteiger partial charge in [-0.05, 0) is 61.5 Å². The van der Waals surface area contributed by atoms with E-state index in [1.807, 2.05) is 0 Å². The molecule has 11 heteroatoms. The smallest absolute Gasteiger partial charge is 0.251 e. The molecule has 41 heavy (non-hydrogen) atoms. The van der Waals surface area contributed by atoms with Crippen LogP contribution >= 0.6 is 34.4 Å². The van der Waals surface area contributed by atoms with E-state index in [0.29, 0.717) is 44.5 Å². The van der Waals surface area contributed by atoms with Gasteiger partial charge in [0.25, 0.3) is 11.8 Å². The van der Waals surface area contributed by atoms with Crippen LogP contribution in [0.1, 0.15) is 107 Å². The molecule has 2 heterocycles. The summed E-state index contributed by atoms with van der Waals surface area (Å²) in [6.07, 6.45) is 10.8. The fourth-order valence-corrected chi connectivity index (χ4v) is 9.76. The number of fused-ring (bicyclic) bond motifs is 2. The minimum absolute atomic E-state index is 0.162. The van der Waals surface area contributed by atoms with Crippen molar-refractivity contribution >= 4 is 68.1 Å². The fourth-order valence-electron chi connectivity index (χ4n) is 6.13. The summed E-state index contributed by atoms with van der Waals surface area (Å²) in [6.45, 7) is 4.37. The number of nitrogens with two attached hydrogens (primary N) is 2. The Bertz CT molecular complexity index is 1190. The molecule has 0 aromatic carbocycles. The van der Waals surface area contributed by atoms with Crippen LogP contribution in [0.15, 0.2) is 0 Å². The zero-order valence-corrected chi connectivity index (χ0v) is 26.5. The maximum absolute atomic E-state index is 12.7. The lowest BCUT2D eigenvalue weighted by molar-refractivity contribution is -0.116. The summed E-state index contributed by atoms with van der Waals surface area (Å²) in [4.78, 5) is 52.1. The lowest BCUT2D eigenvalue weighted by Crippen LogP contribution is -2.20. The number of thiophene rings is 2. The SMILES string of the molecule is CCC[C@H]1CCc2c(sc(NC(=O)CCSCCC(=O)Nc3sc4c(c3C(N)=O)CC[C@H](CCC)C4)c2C(N)=O)C1. The van der Waals surface area contributed by atoms with Crippen LogP contribution in [-0.4, -0.2) is 35.1 Å². The Hall–Kier alpha value is -2.37. The predicted octanol–water partition coefficient (Wildman–Crippen LogP) is 5.91. The van der Waals surface area contributed by atoms with Crippen molar-refractivity contribution in [2.75, 3.05) is 22.1 Å². The Morgan fingerprint density at radius 3 is 1.54 bits per heavy atom. The Morgan fingerprint density at radius 1 is 0.756 bits per heavy atom. The molecule has 2 atom stereocenters. The third-order valence-electron chi connectivity index (χ3n) is 8.07. The highest BCUT2D eigenvalue weighted by Crippen LogP contribution is 2.42. The van der Waals surface area contributed by atoms with E-state index in [1.54, 1.807) is 0 Å². The number of carbonyl (C=O) groups is 4. The zero-order chi connectivity index (χ0) is 29.5. The monoisotopic (exact) mass is 618 g/mol. The van der Waals surface area contributed by atoms with Crippen molar-refractivity contribution in [2.24, 2.45) is 23.3 Å². The Balaban J connectivity index is 1.23. The second-order valence-electron chi connectivity index (χ2n) is 11.1. The molecule has 224 valence electrons. The van der Waals surface area contributed by atoms with Crippen LogP contribution in [0.5, 0.6) is 0 Å². The number of thioether (sulfide) groups is 1. The first-order valence-corrected chi connectivity index (χ1v) is 17.6. The number of amides is 4. The molecule has 0 unspecified atom stereocenters. The van der Waals surface area contributed by atoms with E-state index in [2.05, 4.69) is 24.5 Å². The van der Waals surface area contributed by atoms with Gasteiger partial charge >= 0.3 is 0 Å². The first kappa shape index (κ1) is 31.6. The van der Waals surface area contributed by atoms with E-state index >= 15 is 0 Å². The molecular formula is C30H42N4O4S3. The molecule has 0 radical (unpaired) electrons. The molecule has 2 aromatic rings. The average Bonchev–Trinajstić information content (AvgIpc) is 3.45. The Morgan fingerprint density at radius 2 is 1.17 bits per heavy atom. The first-order chi connectivity index (χ1) is 19.7. The van der Waals surface area contributed by atoms with Crippen molar-refractivity contribution in [3.8, 4) is 0 Å². The summed E-state index contributed by atoms with van der Waals surface area (Å²) in [5.74, 6) is 1.04. The van der Waals surface area contributed by atoms with Gasteiger partial charge in [-0.2, -0.15) is 11.8 Å². The van der Waals surface area contributed by atoms with Gasteiger partial charge in [-0.3, -0.25) is 19.2 Å². The summed E-state index contributed by atoms with van der Waals surface area (Å²) in [7, 11) is 0. The van der Waals surface area contributed by atoms with Crippen LogP contribution in [0.25, 0.3) is 0 Å². The molecule has 0 bridgehead atoms.